The highest BCUT2D eigenvalue weighted by atomic mass is 16.5. The van der Waals surface area contributed by atoms with Crippen molar-refractivity contribution in [3.63, 3.8) is 0 Å². The van der Waals surface area contributed by atoms with E-state index in [9.17, 15) is 4.79 Å². The molecule has 1 aromatic heterocycles. The van der Waals surface area contributed by atoms with E-state index in [0.717, 1.165) is 28.9 Å². The zero-order valence-electron chi connectivity index (χ0n) is 13.9. The molecule has 0 atom stereocenters. The minimum atomic E-state index is -0.393. The van der Waals surface area contributed by atoms with E-state index in [4.69, 9.17) is 4.74 Å². The number of nitrogens with zero attached hydrogens (tertiary/aromatic N) is 2. The Kier molecular flexibility index (Phi) is 5.97. The molecule has 2 rings (SSSR count). The molecule has 0 bridgehead atoms. The van der Waals surface area contributed by atoms with Gasteiger partial charge in [-0.25, -0.2) is 4.79 Å². The Labute approximate surface area is 137 Å². The number of hydrogen-bond donors (Lipinski definition) is 1. The van der Waals surface area contributed by atoms with Crippen molar-refractivity contribution in [1.82, 2.24) is 15.1 Å². The van der Waals surface area contributed by atoms with Crippen molar-refractivity contribution in [2.24, 2.45) is 7.05 Å². The van der Waals surface area contributed by atoms with E-state index in [1.165, 1.54) is 0 Å². The van der Waals surface area contributed by atoms with E-state index < -0.39 is 6.09 Å². The summed E-state index contributed by atoms with van der Waals surface area (Å²) in [5.74, 6) is 0. The number of amides is 1. The summed E-state index contributed by atoms with van der Waals surface area (Å²) < 4.78 is 7.02. The molecule has 122 valence electrons. The van der Waals surface area contributed by atoms with Crippen molar-refractivity contribution in [3.8, 4) is 0 Å². The van der Waals surface area contributed by atoms with E-state index in [-0.39, 0.29) is 6.61 Å². The first-order valence-corrected chi connectivity index (χ1v) is 7.69. The molecule has 0 saturated carbocycles. The molecule has 0 radical (unpaired) electrons. The van der Waals surface area contributed by atoms with Gasteiger partial charge in [-0.3, -0.25) is 4.68 Å². The van der Waals surface area contributed by atoms with Gasteiger partial charge in [0.15, 0.2) is 0 Å². The summed E-state index contributed by atoms with van der Waals surface area (Å²) in [6.07, 6.45) is 4.44. The van der Waals surface area contributed by atoms with Crippen LogP contribution in [0.4, 0.5) is 4.79 Å². The van der Waals surface area contributed by atoms with Gasteiger partial charge in [0, 0.05) is 24.8 Å². The number of rotatable bonds is 6. The second-order valence-corrected chi connectivity index (χ2v) is 5.39. The third-order valence-corrected chi connectivity index (χ3v) is 3.64. The maximum Gasteiger partial charge on any atom is 0.407 e. The molecule has 23 heavy (non-hydrogen) atoms. The van der Waals surface area contributed by atoms with Gasteiger partial charge in [0.25, 0.3) is 0 Å². The van der Waals surface area contributed by atoms with E-state index in [1.807, 2.05) is 62.0 Å². The number of nitrogens with one attached hydrogen (secondary N) is 1. The van der Waals surface area contributed by atoms with Gasteiger partial charge in [-0.15, -0.1) is 0 Å². The van der Waals surface area contributed by atoms with Crippen LogP contribution in [0, 0.1) is 13.8 Å². The fraction of sp³-hybridized carbons (Fsp3) is 0.333. The molecule has 0 unspecified atom stereocenters. The molecule has 0 fully saturated rings. The van der Waals surface area contributed by atoms with Gasteiger partial charge in [-0.2, -0.15) is 5.10 Å². The number of carbonyl (C=O) groups is 1. The van der Waals surface area contributed by atoms with Gasteiger partial charge in [0.05, 0.1) is 5.69 Å². The first kappa shape index (κ1) is 16.8. The molecule has 5 nitrogen and oxygen atoms in total. The van der Waals surface area contributed by atoms with Crippen molar-refractivity contribution >= 4 is 12.2 Å². The highest BCUT2D eigenvalue weighted by molar-refractivity contribution is 5.67. The van der Waals surface area contributed by atoms with Crippen LogP contribution in [0.1, 0.15) is 28.9 Å². The maximum atomic E-state index is 11.6. The summed E-state index contributed by atoms with van der Waals surface area (Å²) >= 11 is 0. The number of alkyl carbamates (subject to hydrolysis) is 1. The molecule has 0 aliphatic rings. The predicted molar refractivity (Wildman–Crippen MR) is 91.0 cm³/mol. The summed E-state index contributed by atoms with van der Waals surface area (Å²) in [6.45, 7) is 4.86. The molecule has 1 N–H and O–H groups in total. The number of benzene rings is 1. The fourth-order valence-electron chi connectivity index (χ4n) is 2.26. The van der Waals surface area contributed by atoms with E-state index >= 15 is 0 Å². The lowest BCUT2D eigenvalue weighted by Gasteiger charge is -2.05. The monoisotopic (exact) mass is 313 g/mol. The molecule has 1 aromatic carbocycles. The highest BCUT2D eigenvalue weighted by Crippen LogP contribution is 2.13. The molecular weight excluding hydrogens is 290 g/mol. The Morgan fingerprint density at radius 3 is 2.70 bits per heavy atom. The van der Waals surface area contributed by atoms with Crippen molar-refractivity contribution in [3.05, 3.63) is 58.9 Å². The molecule has 1 heterocycles. The average Bonchev–Trinajstić information content (AvgIpc) is 2.79. The zero-order chi connectivity index (χ0) is 16.7. The summed E-state index contributed by atoms with van der Waals surface area (Å²) in [5, 5.41) is 7.11. The molecule has 2 aromatic rings. The smallest absolute Gasteiger partial charge is 0.407 e. The van der Waals surface area contributed by atoms with Crippen LogP contribution in [-0.2, 0) is 18.4 Å². The summed E-state index contributed by atoms with van der Waals surface area (Å²) in [5.41, 5.74) is 4.26. The minimum absolute atomic E-state index is 0.288. The first-order chi connectivity index (χ1) is 11.1. The molecule has 5 heteroatoms. The van der Waals surface area contributed by atoms with Crippen molar-refractivity contribution < 1.29 is 9.53 Å². The van der Waals surface area contributed by atoms with Crippen LogP contribution in [0.5, 0.6) is 0 Å². The average molecular weight is 313 g/mol. The quantitative estimate of drug-likeness (QED) is 0.832. The Hall–Kier alpha value is -2.56. The third kappa shape index (κ3) is 4.98. The second kappa shape index (κ2) is 8.17. The van der Waals surface area contributed by atoms with E-state index in [1.54, 1.807) is 0 Å². The normalized spacial score (nSPS) is 10.9. The molecule has 0 saturated heterocycles. The fourth-order valence-corrected chi connectivity index (χ4v) is 2.26. The van der Waals surface area contributed by atoms with Crippen molar-refractivity contribution in [1.29, 1.82) is 0 Å². The van der Waals surface area contributed by atoms with Crippen LogP contribution in [0.15, 0.2) is 36.4 Å². The lowest BCUT2D eigenvalue weighted by Crippen LogP contribution is -2.24. The van der Waals surface area contributed by atoms with Gasteiger partial charge >= 0.3 is 6.09 Å². The number of hydrogen-bond acceptors (Lipinski definition) is 3. The topological polar surface area (TPSA) is 56.2 Å². The van der Waals surface area contributed by atoms with Crippen LogP contribution in [-0.4, -0.2) is 22.4 Å². The van der Waals surface area contributed by atoms with Crippen LogP contribution in [0.2, 0.25) is 0 Å². The first-order valence-electron chi connectivity index (χ1n) is 7.69. The molecular formula is C18H23N3O2. The third-order valence-electron chi connectivity index (χ3n) is 3.64. The van der Waals surface area contributed by atoms with Crippen LogP contribution in [0.25, 0.3) is 6.08 Å². The van der Waals surface area contributed by atoms with Crippen LogP contribution >= 0.6 is 0 Å². The molecule has 1 amide bonds. The molecule has 0 aliphatic carbocycles. The predicted octanol–water partition coefficient (Wildman–Crippen LogP) is 3.37. The van der Waals surface area contributed by atoms with Gasteiger partial charge < -0.3 is 10.1 Å². The van der Waals surface area contributed by atoms with Gasteiger partial charge in [-0.05, 0) is 25.8 Å². The van der Waals surface area contributed by atoms with Crippen LogP contribution < -0.4 is 5.32 Å². The highest BCUT2D eigenvalue weighted by Gasteiger charge is 2.05. The Morgan fingerprint density at radius 2 is 2.04 bits per heavy atom. The Morgan fingerprint density at radius 1 is 1.30 bits per heavy atom. The summed E-state index contributed by atoms with van der Waals surface area (Å²) in [4.78, 5) is 11.6. The minimum Gasteiger partial charge on any atom is -0.445 e. The molecule has 0 spiro atoms. The Balaban J connectivity index is 1.68. The van der Waals surface area contributed by atoms with Crippen molar-refractivity contribution in [2.45, 2.75) is 26.9 Å². The maximum absolute atomic E-state index is 11.6. The summed E-state index contributed by atoms with van der Waals surface area (Å²) in [7, 11) is 1.93. The van der Waals surface area contributed by atoms with E-state index in [2.05, 4.69) is 16.5 Å². The Bertz CT molecular complexity index is 675. The molecule has 0 aliphatic heterocycles. The standard InChI is InChI=1S/C18H23N3O2/c1-14-17(15(2)21(3)20-14)11-7-8-12-19-18(22)23-13-16-9-5-4-6-10-16/h4-7,9-11H,8,12-13H2,1-3H3,(H,19,22). The van der Waals surface area contributed by atoms with Gasteiger partial charge in [-0.1, -0.05) is 42.5 Å². The number of aryl methyl sites for hydroxylation is 2. The van der Waals surface area contributed by atoms with Gasteiger partial charge in [0.2, 0.25) is 0 Å². The SMILES string of the molecule is Cc1nn(C)c(C)c1C=CCCNC(=O)OCc1ccccc1. The number of carbonyl (C=O) groups excluding carboxylic acids is 1. The zero-order valence-corrected chi connectivity index (χ0v) is 13.9. The summed E-state index contributed by atoms with van der Waals surface area (Å²) in [6, 6.07) is 9.62. The number of ether oxygens (including phenoxy) is 1. The number of aromatic nitrogens is 2. The van der Waals surface area contributed by atoms with Crippen LogP contribution in [0.3, 0.4) is 0 Å². The van der Waals surface area contributed by atoms with Crippen molar-refractivity contribution in [2.75, 3.05) is 6.54 Å². The van der Waals surface area contributed by atoms with Gasteiger partial charge in [0.1, 0.15) is 6.61 Å². The largest absolute Gasteiger partial charge is 0.445 e. The second-order valence-electron chi connectivity index (χ2n) is 5.39. The van der Waals surface area contributed by atoms with E-state index in [0.29, 0.717) is 6.54 Å². The lowest BCUT2D eigenvalue weighted by atomic mass is 10.2. The lowest BCUT2D eigenvalue weighted by molar-refractivity contribution is 0.140.